The second-order valence-electron chi connectivity index (χ2n) is 8.10. The molecule has 2 unspecified atom stereocenters. The molecule has 0 bridgehead atoms. The van der Waals surface area contributed by atoms with E-state index in [1.54, 1.807) is 22.7 Å². The van der Waals surface area contributed by atoms with Gasteiger partial charge in [-0.1, -0.05) is 56.1 Å². The first kappa shape index (κ1) is 25.7. The second kappa shape index (κ2) is 12.0. The number of carbonyl (C=O) groups is 2. The van der Waals surface area contributed by atoms with Crippen LogP contribution in [-0.2, 0) is 6.42 Å². The van der Waals surface area contributed by atoms with Crippen molar-refractivity contribution >= 4 is 86.3 Å². The summed E-state index contributed by atoms with van der Waals surface area (Å²) in [6, 6.07) is 15.7. The zero-order valence-corrected chi connectivity index (χ0v) is 23.6. The standard InChI is InChI=1S/C26H26Br2N2O2S2/c1-29-21(6-9-27)25(31)19-5-3-17-12-20(34-24(17)14-19)7-10-30-22(15-28)26(32)18-4-2-16-8-11-33-23(16)13-18/h2-5,8,11-14,21-22,29-30H,6-7,9-10,15H2,1H3. The highest BCUT2D eigenvalue weighted by Gasteiger charge is 2.20. The summed E-state index contributed by atoms with van der Waals surface area (Å²) in [5.74, 6) is 0.231. The summed E-state index contributed by atoms with van der Waals surface area (Å²) in [4.78, 5) is 27.1. The lowest BCUT2D eigenvalue weighted by Gasteiger charge is -2.15. The van der Waals surface area contributed by atoms with Crippen LogP contribution in [-0.4, -0.2) is 47.9 Å². The monoisotopic (exact) mass is 620 g/mol. The summed E-state index contributed by atoms with van der Waals surface area (Å²) in [7, 11) is 1.82. The van der Waals surface area contributed by atoms with Crippen LogP contribution in [0.3, 0.4) is 0 Å². The van der Waals surface area contributed by atoms with E-state index in [1.807, 2.05) is 48.8 Å². The minimum Gasteiger partial charge on any atom is -0.310 e. The molecule has 0 aliphatic carbocycles. The van der Waals surface area contributed by atoms with Crippen molar-refractivity contribution in [3.63, 3.8) is 0 Å². The van der Waals surface area contributed by atoms with Gasteiger partial charge in [-0.25, -0.2) is 0 Å². The van der Waals surface area contributed by atoms with E-state index in [2.05, 4.69) is 54.6 Å². The molecule has 0 aliphatic rings. The van der Waals surface area contributed by atoms with Gasteiger partial charge in [0, 0.05) is 42.6 Å². The molecule has 178 valence electrons. The number of fused-ring (bicyclic) bond motifs is 2. The fourth-order valence-corrected chi connectivity index (χ4v) is 6.89. The van der Waals surface area contributed by atoms with Crippen LogP contribution in [0.1, 0.15) is 32.0 Å². The summed E-state index contributed by atoms with van der Waals surface area (Å²) in [5.41, 5.74) is 1.48. The third kappa shape index (κ3) is 5.86. The summed E-state index contributed by atoms with van der Waals surface area (Å²) in [6.45, 7) is 0.703. The first-order chi connectivity index (χ1) is 16.5. The highest BCUT2D eigenvalue weighted by molar-refractivity contribution is 9.09. The number of carbonyl (C=O) groups excluding carboxylic acids is 2. The minimum absolute atomic E-state index is 0.106. The number of Topliss-reactive ketones (excluding diaryl/α,β-unsaturated/α-hetero) is 2. The van der Waals surface area contributed by atoms with Gasteiger partial charge < -0.3 is 10.6 Å². The van der Waals surface area contributed by atoms with Crippen LogP contribution in [0, 0.1) is 0 Å². The predicted molar refractivity (Wildman–Crippen MR) is 153 cm³/mol. The Balaban J connectivity index is 1.39. The van der Waals surface area contributed by atoms with Gasteiger partial charge in [-0.2, -0.15) is 0 Å². The third-order valence-corrected chi connectivity index (χ3v) is 9.03. The van der Waals surface area contributed by atoms with E-state index in [9.17, 15) is 9.59 Å². The van der Waals surface area contributed by atoms with Crippen molar-refractivity contribution in [3.05, 3.63) is 69.9 Å². The Labute approximate surface area is 224 Å². The Morgan fingerprint density at radius 1 is 0.912 bits per heavy atom. The molecule has 0 saturated carbocycles. The van der Waals surface area contributed by atoms with E-state index in [4.69, 9.17) is 0 Å². The van der Waals surface area contributed by atoms with Gasteiger partial charge in [0.05, 0.1) is 12.1 Å². The maximum atomic E-state index is 13.0. The molecule has 2 aromatic heterocycles. The Morgan fingerprint density at radius 2 is 1.62 bits per heavy atom. The summed E-state index contributed by atoms with van der Waals surface area (Å²) in [5, 5.41) is 12.2. The zero-order chi connectivity index (χ0) is 24.1. The largest absolute Gasteiger partial charge is 0.310 e. The number of ketones is 2. The molecule has 4 rings (SSSR count). The number of hydrogen-bond donors (Lipinski definition) is 2. The second-order valence-corrected chi connectivity index (χ2v) is 11.7. The van der Waals surface area contributed by atoms with Crippen LogP contribution >= 0.6 is 54.5 Å². The van der Waals surface area contributed by atoms with Crippen molar-refractivity contribution in [2.45, 2.75) is 24.9 Å². The number of rotatable bonds is 12. The molecule has 0 amide bonds. The van der Waals surface area contributed by atoms with Crippen LogP contribution in [0.15, 0.2) is 53.9 Å². The van der Waals surface area contributed by atoms with Crippen LogP contribution in [0.4, 0.5) is 0 Å². The molecule has 2 aromatic carbocycles. The summed E-state index contributed by atoms with van der Waals surface area (Å²) < 4.78 is 2.25. The first-order valence-electron chi connectivity index (χ1n) is 11.1. The number of likely N-dealkylation sites (N-methyl/N-ethyl adjacent to an activating group) is 1. The lowest BCUT2D eigenvalue weighted by Crippen LogP contribution is -2.39. The van der Waals surface area contributed by atoms with E-state index >= 15 is 0 Å². The van der Waals surface area contributed by atoms with Crippen LogP contribution < -0.4 is 10.6 Å². The fraction of sp³-hybridized carbons (Fsp3) is 0.308. The molecule has 4 nitrogen and oxygen atoms in total. The highest BCUT2D eigenvalue weighted by atomic mass is 79.9. The van der Waals surface area contributed by atoms with Gasteiger partial charge in [0.25, 0.3) is 0 Å². The average Bonchev–Trinajstić information content (AvgIpc) is 3.49. The van der Waals surface area contributed by atoms with Gasteiger partial charge in [-0.05, 0) is 60.3 Å². The number of benzene rings is 2. The molecule has 2 heterocycles. The van der Waals surface area contributed by atoms with Crippen molar-refractivity contribution in [3.8, 4) is 0 Å². The molecule has 0 spiro atoms. The summed E-state index contributed by atoms with van der Waals surface area (Å²) in [6.07, 6.45) is 1.58. The van der Waals surface area contributed by atoms with Crippen molar-refractivity contribution in [1.82, 2.24) is 10.6 Å². The number of alkyl halides is 2. The van der Waals surface area contributed by atoms with Crippen LogP contribution in [0.25, 0.3) is 20.2 Å². The number of halogens is 2. The molecular formula is C26H26Br2N2O2S2. The quantitative estimate of drug-likeness (QED) is 0.141. The lowest BCUT2D eigenvalue weighted by atomic mass is 10.0. The van der Waals surface area contributed by atoms with E-state index in [0.29, 0.717) is 11.9 Å². The van der Waals surface area contributed by atoms with Crippen molar-refractivity contribution in [2.75, 3.05) is 24.3 Å². The molecule has 2 N–H and O–H groups in total. The molecule has 2 atom stereocenters. The minimum atomic E-state index is -0.274. The van der Waals surface area contributed by atoms with Gasteiger partial charge >= 0.3 is 0 Å². The van der Waals surface area contributed by atoms with Crippen LogP contribution in [0.5, 0.6) is 0 Å². The van der Waals surface area contributed by atoms with Gasteiger partial charge in [0.2, 0.25) is 0 Å². The Bertz CT molecular complexity index is 1300. The third-order valence-electron chi connectivity index (χ3n) is 5.89. The van der Waals surface area contributed by atoms with Crippen molar-refractivity contribution < 1.29 is 9.59 Å². The molecule has 0 fully saturated rings. The smallest absolute Gasteiger partial charge is 0.180 e. The molecule has 0 saturated heterocycles. The normalized spacial score (nSPS) is 13.4. The SMILES string of the molecule is CNC(CCBr)C(=O)c1ccc2cc(CCNC(CBr)C(=O)c3ccc4ccsc4c3)sc2c1. The molecule has 34 heavy (non-hydrogen) atoms. The number of hydrogen-bond acceptors (Lipinski definition) is 6. The van der Waals surface area contributed by atoms with Crippen molar-refractivity contribution in [1.29, 1.82) is 0 Å². The number of nitrogens with one attached hydrogen (secondary N) is 2. The average molecular weight is 622 g/mol. The highest BCUT2D eigenvalue weighted by Crippen LogP contribution is 2.28. The molecular weight excluding hydrogens is 596 g/mol. The van der Waals surface area contributed by atoms with Gasteiger partial charge in [0.15, 0.2) is 11.6 Å². The maximum absolute atomic E-state index is 13.0. The Hall–Kier alpha value is -1.42. The molecule has 4 aromatic rings. The zero-order valence-electron chi connectivity index (χ0n) is 18.8. The molecule has 0 aliphatic heterocycles. The fourth-order valence-electron chi connectivity index (χ4n) is 3.98. The van der Waals surface area contributed by atoms with E-state index in [-0.39, 0.29) is 23.7 Å². The van der Waals surface area contributed by atoms with E-state index < -0.39 is 0 Å². The number of thiophene rings is 2. The Morgan fingerprint density at radius 3 is 2.32 bits per heavy atom. The summed E-state index contributed by atoms with van der Waals surface area (Å²) >= 11 is 10.3. The van der Waals surface area contributed by atoms with Gasteiger partial charge in [0.1, 0.15) is 0 Å². The van der Waals surface area contributed by atoms with E-state index in [1.165, 1.54) is 10.3 Å². The Kier molecular flexibility index (Phi) is 9.07. The van der Waals surface area contributed by atoms with Gasteiger partial charge in [-0.15, -0.1) is 22.7 Å². The van der Waals surface area contributed by atoms with E-state index in [0.717, 1.165) is 44.1 Å². The maximum Gasteiger partial charge on any atom is 0.180 e. The van der Waals surface area contributed by atoms with Crippen molar-refractivity contribution in [2.24, 2.45) is 0 Å². The molecule has 8 heteroatoms. The van der Waals surface area contributed by atoms with Crippen LogP contribution in [0.2, 0.25) is 0 Å². The predicted octanol–water partition coefficient (Wildman–Crippen LogP) is 6.45. The lowest BCUT2D eigenvalue weighted by molar-refractivity contribution is 0.0941. The first-order valence-corrected chi connectivity index (χ1v) is 15.1. The molecule has 0 radical (unpaired) electrons. The topological polar surface area (TPSA) is 58.2 Å². The van der Waals surface area contributed by atoms with Gasteiger partial charge in [-0.3, -0.25) is 9.59 Å².